The maximum Gasteiger partial charge on any atom is 0.258 e. The van der Waals surface area contributed by atoms with Crippen LogP contribution in [0, 0.1) is 17.2 Å². The van der Waals surface area contributed by atoms with Gasteiger partial charge < -0.3 is 15.5 Å². The van der Waals surface area contributed by atoms with Crippen LogP contribution in [0.4, 0.5) is 17.2 Å². The van der Waals surface area contributed by atoms with Crippen LogP contribution in [0.25, 0.3) is 0 Å². The van der Waals surface area contributed by atoms with Crippen molar-refractivity contribution in [1.82, 2.24) is 9.88 Å². The van der Waals surface area contributed by atoms with Gasteiger partial charge in [-0.25, -0.2) is 4.98 Å². The Kier molecular flexibility index (Phi) is 6.69. The summed E-state index contributed by atoms with van der Waals surface area (Å²) in [6.45, 7) is 1.88. The van der Waals surface area contributed by atoms with Gasteiger partial charge in [0.25, 0.3) is 11.8 Å². The predicted molar refractivity (Wildman–Crippen MR) is 124 cm³/mol. The zero-order chi connectivity index (χ0) is 23.3. The van der Waals surface area contributed by atoms with Gasteiger partial charge in [-0.3, -0.25) is 15.0 Å². The van der Waals surface area contributed by atoms with Gasteiger partial charge in [0.15, 0.2) is 0 Å². The van der Waals surface area contributed by atoms with E-state index in [1.165, 1.54) is 18.2 Å². The SMILES string of the molecule is Cc1ccc(NC(=O)c2ccc(N=O)cc2NC(=O)c2ccc(C(=N)N(C)C)cc2)nc1. The molecule has 0 aliphatic heterocycles. The summed E-state index contributed by atoms with van der Waals surface area (Å²) in [6.07, 6.45) is 1.62. The van der Waals surface area contributed by atoms with Crippen molar-refractivity contribution in [1.29, 1.82) is 5.41 Å². The molecule has 0 saturated carbocycles. The van der Waals surface area contributed by atoms with E-state index in [4.69, 9.17) is 5.41 Å². The average Bonchev–Trinajstić information content (AvgIpc) is 2.79. The van der Waals surface area contributed by atoms with Crippen molar-refractivity contribution in [3.05, 3.63) is 88.0 Å². The van der Waals surface area contributed by atoms with Crippen molar-refractivity contribution < 1.29 is 9.59 Å². The zero-order valence-corrected chi connectivity index (χ0v) is 17.8. The maximum absolute atomic E-state index is 12.8. The molecule has 9 heteroatoms. The van der Waals surface area contributed by atoms with Crippen LogP contribution in [0.3, 0.4) is 0 Å². The molecular weight excluding hydrogens is 408 g/mol. The summed E-state index contributed by atoms with van der Waals surface area (Å²) >= 11 is 0. The summed E-state index contributed by atoms with van der Waals surface area (Å²) in [6, 6.07) is 14.1. The first-order valence-corrected chi connectivity index (χ1v) is 9.67. The Hall–Kier alpha value is -4.40. The third kappa shape index (κ3) is 5.20. The molecule has 0 unspecified atom stereocenters. The van der Waals surface area contributed by atoms with Crippen LogP contribution in [0.1, 0.15) is 31.8 Å². The molecular formula is C23H22N6O3. The lowest BCUT2D eigenvalue weighted by molar-refractivity contribution is 0.102. The maximum atomic E-state index is 12.8. The number of carbonyl (C=O) groups excluding carboxylic acids is 2. The lowest BCUT2D eigenvalue weighted by Gasteiger charge is -2.14. The number of benzene rings is 2. The fourth-order valence-electron chi connectivity index (χ4n) is 2.85. The number of rotatable bonds is 6. The monoisotopic (exact) mass is 430 g/mol. The molecule has 0 aliphatic carbocycles. The zero-order valence-electron chi connectivity index (χ0n) is 17.8. The van der Waals surface area contributed by atoms with E-state index < -0.39 is 11.8 Å². The van der Waals surface area contributed by atoms with Gasteiger partial charge in [-0.1, -0.05) is 18.2 Å². The Morgan fingerprint density at radius 1 is 0.938 bits per heavy atom. The molecule has 3 rings (SSSR count). The number of aryl methyl sites for hydroxylation is 1. The van der Waals surface area contributed by atoms with E-state index in [-0.39, 0.29) is 16.9 Å². The van der Waals surface area contributed by atoms with Crippen LogP contribution >= 0.6 is 0 Å². The van der Waals surface area contributed by atoms with Gasteiger partial charge >= 0.3 is 0 Å². The minimum Gasteiger partial charge on any atom is -0.363 e. The molecule has 0 aliphatic rings. The van der Waals surface area contributed by atoms with Crippen LogP contribution in [0.5, 0.6) is 0 Å². The normalized spacial score (nSPS) is 10.2. The highest BCUT2D eigenvalue weighted by molar-refractivity contribution is 6.12. The predicted octanol–water partition coefficient (Wildman–Crippen LogP) is 4.18. The molecule has 0 spiro atoms. The van der Waals surface area contributed by atoms with Gasteiger partial charge in [0.2, 0.25) is 0 Å². The minimum atomic E-state index is -0.496. The van der Waals surface area contributed by atoms with Crippen molar-refractivity contribution >= 4 is 34.8 Å². The second-order valence-electron chi connectivity index (χ2n) is 7.27. The van der Waals surface area contributed by atoms with Crippen LogP contribution < -0.4 is 10.6 Å². The van der Waals surface area contributed by atoms with Crippen molar-refractivity contribution in [3.8, 4) is 0 Å². The highest BCUT2D eigenvalue weighted by atomic mass is 16.3. The van der Waals surface area contributed by atoms with Crippen LogP contribution in [-0.2, 0) is 0 Å². The Bertz CT molecular complexity index is 1170. The third-order valence-electron chi connectivity index (χ3n) is 4.62. The van der Waals surface area contributed by atoms with Gasteiger partial charge in [0.1, 0.15) is 17.3 Å². The fraction of sp³-hybridized carbons (Fsp3) is 0.130. The lowest BCUT2D eigenvalue weighted by atomic mass is 10.1. The number of carbonyl (C=O) groups is 2. The summed E-state index contributed by atoms with van der Waals surface area (Å²) in [5.74, 6) is -0.304. The quantitative estimate of drug-likeness (QED) is 0.307. The first-order chi connectivity index (χ1) is 15.3. The molecule has 1 heterocycles. The Morgan fingerprint density at radius 3 is 2.22 bits per heavy atom. The second kappa shape index (κ2) is 9.61. The van der Waals surface area contributed by atoms with Crippen molar-refractivity contribution in [2.45, 2.75) is 6.92 Å². The number of nitroso groups, excluding NO2 is 1. The Labute approximate surface area is 185 Å². The molecule has 0 fully saturated rings. The van der Waals surface area contributed by atoms with Gasteiger partial charge in [0, 0.05) is 31.4 Å². The molecule has 0 saturated heterocycles. The molecule has 162 valence electrons. The Morgan fingerprint density at radius 2 is 1.62 bits per heavy atom. The fourth-order valence-corrected chi connectivity index (χ4v) is 2.85. The smallest absolute Gasteiger partial charge is 0.258 e. The van der Waals surface area contributed by atoms with Crippen LogP contribution in [-0.4, -0.2) is 41.6 Å². The molecule has 0 atom stereocenters. The summed E-state index contributed by atoms with van der Waals surface area (Å²) < 4.78 is 0. The molecule has 32 heavy (non-hydrogen) atoms. The van der Waals surface area contributed by atoms with Crippen molar-refractivity contribution in [2.75, 3.05) is 24.7 Å². The molecule has 2 amide bonds. The number of anilines is 2. The third-order valence-corrected chi connectivity index (χ3v) is 4.62. The summed E-state index contributed by atoms with van der Waals surface area (Å²) in [7, 11) is 3.52. The topological polar surface area (TPSA) is 128 Å². The first kappa shape index (κ1) is 22.3. The van der Waals surface area contributed by atoms with E-state index in [1.54, 1.807) is 55.5 Å². The number of amidine groups is 1. The summed E-state index contributed by atoms with van der Waals surface area (Å²) in [5.41, 5.74) is 2.30. The van der Waals surface area contributed by atoms with E-state index in [2.05, 4.69) is 20.8 Å². The van der Waals surface area contributed by atoms with Crippen molar-refractivity contribution in [3.63, 3.8) is 0 Å². The largest absolute Gasteiger partial charge is 0.363 e. The second-order valence-corrected chi connectivity index (χ2v) is 7.27. The van der Waals surface area contributed by atoms with E-state index in [0.29, 0.717) is 22.8 Å². The highest BCUT2D eigenvalue weighted by Gasteiger charge is 2.17. The van der Waals surface area contributed by atoms with Gasteiger partial charge in [-0.2, -0.15) is 0 Å². The summed E-state index contributed by atoms with van der Waals surface area (Å²) in [5, 5.41) is 16.2. The van der Waals surface area contributed by atoms with E-state index in [9.17, 15) is 14.5 Å². The first-order valence-electron chi connectivity index (χ1n) is 9.67. The number of aromatic nitrogens is 1. The Balaban J connectivity index is 1.84. The number of hydrogen-bond acceptors (Lipinski definition) is 6. The molecule has 0 radical (unpaired) electrons. The molecule has 9 nitrogen and oxygen atoms in total. The molecule has 3 N–H and O–H groups in total. The van der Waals surface area contributed by atoms with E-state index >= 15 is 0 Å². The van der Waals surface area contributed by atoms with E-state index in [0.717, 1.165) is 5.56 Å². The lowest BCUT2D eigenvalue weighted by Crippen LogP contribution is -2.22. The molecule has 1 aromatic heterocycles. The number of pyridine rings is 1. The van der Waals surface area contributed by atoms with Crippen LogP contribution in [0.2, 0.25) is 0 Å². The molecule has 3 aromatic rings. The minimum absolute atomic E-state index is 0.0695. The number of nitrogens with zero attached hydrogens (tertiary/aromatic N) is 3. The highest BCUT2D eigenvalue weighted by Crippen LogP contribution is 2.25. The van der Waals surface area contributed by atoms with Gasteiger partial charge in [-0.05, 0) is 54.1 Å². The number of hydrogen-bond donors (Lipinski definition) is 3. The standard InChI is InChI=1S/C23H22N6O3/c1-14-4-11-20(25-13-14)27-23(31)18-10-9-17(28-32)12-19(18)26-22(30)16-7-5-15(6-8-16)21(24)29(2)3/h4-13,24H,1-3H3,(H,26,30)(H,25,27,31). The average molecular weight is 430 g/mol. The van der Waals surface area contributed by atoms with Crippen LogP contribution in [0.15, 0.2) is 66.0 Å². The summed E-state index contributed by atoms with van der Waals surface area (Å²) in [4.78, 5) is 42.3. The van der Waals surface area contributed by atoms with Gasteiger partial charge in [-0.15, -0.1) is 4.91 Å². The van der Waals surface area contributed by atoms with Gasteiger partial charge in [0.05, 0.1) is 11.3 Å². The van der Waals surface area contributed by atoms with E-state index in [1.807, 2.05) is 13.0 Å². The number of nitrogens with one attached hydrogen (secondary N) is 3. The number of amides is 2. The molecule has 2 aromatic carbocycles. The molecule has 0 bridgehead atoms. The van der Waals surface area contributed by atoms with Crippen molar-refractivity contribution in [2.24, 2.45) is 5.18 Å².